The first-order chi connectivity index (χ1) is 4.63. The van der Waals surface area contributed by atoms with Crippen molar-refractivity contribution in [3.05, 3.63) is 0 Å². The van der Waals surface area contributed by atoms with E-state index in [-0.39, 0.29) is 5.91 Å². The van der Waals surface area contributed by atoms with Crippen molar-refractivity contribution in [3.8, 4) is 0 Å². The Bertz CT molecular complexity index is 182. The molecule has 1 rings (SSSR count). The summed E-state index contributed by atoms with van der Waals surface area (Å²) in [6, 6.07) is 0. The van der Waals surface area contributed by atoms with E-state index in [4.69, 9.17) is 11.6 Å². The fourth-order valence-electron chi connectivity index (χ4n) is 0.886. The molecule has 1 heterocycles. The molecule has 2 amide bonds. The van der Waals surface area contributed by atoms with E-state index in [9.17, 15) is 9.59 Å². The Morgan fingerprint density at radius 1 is 1.70 bits per heavy atom. The second-order valence-electron chi connectivity index (χ2n) is 2.09. The first-order valence-electron chi connectivity index (χ1n) is 2.86. The van der Waals surface area contributed by atoms with Gasteiger partial charge in [0.2, 0.25) is 5.91 Å². The van der Waals surface area contributed by atoms with E-state index in [1.807, 2.05) is 0 Å². The molecule has 4 nitrogen and oxygen atoms in total. The Morgan fingerprint density at radius 2 is 2.30 bits per heavy atom. The van der Waals surface area contributed by atoms with Crippen LogP contribution in [0.2, 0.25) is 0 Å². The molecule has 0 aromatic carbocycles. The monoisotopic (exact) mass is 162 g/mol. The second kappa shape index (κ2) is 2.56. The molecule has 0 atom stereocenters. The molecule has 10 heavy (non-hydrogen) atoms. The average Bonchev–Trinajstić information content (AvgIpc) is 2.11. The van der Waals surface area contributed by atoms with Gasteiger partial charge in [0.25, 0.3) is 0 Å². The molecule has 1 aliphatic heterocycles. The summed E-state index contributed by atoms with van der Waals surface area (Å²) < 4.78 is 0. The summed E-state index contributed by atoms with van der Waals surface area (Å²) >= 11 is 5.10. The van der Waals surface area contributed by atoms with E-state index in [1.165, 1.54) is 5.01 Å². The molecule has 56 valence electrons. The van der Waals surface area contributed by atoms with Crippen LogP contribution in [-0.4, -0.2) is 34.9 Å². The third-order valence-electron chi connectivity index (χ3n) is 1.39. The van der Waals surface area contributed by atoms with Crippen LogP contribution in [0, 0.1) is 0 Å². The summed E-state index contributed by atoms with van der Waals surface area (Å²) in [6.45, 7) is 0.567. The van der Waals surface area contributed by atoms with Crippen molar-refractivity contribution in [2.45, 2.75) is 6.42 Å². The molecule has 0 saturated carbocycles. The zero-order chi connectivity index (χ0) is 7.72. The zero-order valence-corrected chi connectivity index (χ0v) is 6.26. The first kappa shape index (κ1) is 7.50. The predicted molar refractivity (Wildman–Crippen MR) is 35.3 cm³/mol. The highest BCUT2D eigenvalue weighted by Crippen LogP contribution is 2.11. The van der Waals surface area contributed by atoms with Crippen LogP contribution in [0.15, 0.2) is 0 Å². The molecule has 5 heteroatoms. The van der Waals surface area contributed by atoms with Crippen LogP contribution in [0.4, 0.5) is 4.79 Å². The van der Waals surface area contributed by atoms with Gasteiger partial charge in [-0.25, -0.2) is 5.01 Å². The quantitative estimate of drug-likeness (QED) is 0.383. The van der Waals surface area contributed by atoms with Crippen LogP contribution in [0.25, 0.3) is 0 Å². The minimum Gasteiger partial charge on any atom is -0.273 e. The Labute approximate surface area is 63.3 Å². The molecule has 1 aliphatic rings. The maximum Gasteiger partial charge on any atom is 0.337 e. The Morgan fingerprint density at radius 3 is 2.50 bits per heavy atom. The van der Waals surface area contributed by atoms with Gasteiger partial charge in [0.1, 0.15) is 0 Å². The summed E-state index contributed by atoms with van der Waals surface area (Å²) in [4.78, 5) is 21.3. The van der Waals surface area contributed by atoms with Gasteiger partial charge in [-0.15, -0.1) is 0 Å². The number of hydrogen-bond acceptors (Lipinski definition) is 3. The van der Waals surface area contributed by atoms with Crippen LogP contribution in [0.1, 0.15) is 6.42 Å². The number of amides is 2. The van der Waals surface area contributed by atoms with E-state index in [0.29, 0.717) is 13.0 Å². The molecule has 0 radical (unpaired) electrons. The lowest BCUT2D eigenvalue weighted by Crippen LogP contribution is -2.37. The number of carbonyl (C=O) groups is 2. The molecular formula is C5H7ClN2O2. The summed E-state index contributed by atoms with van der Waals surface area (Å²) in [7, 11) is 1.64. The SMILES string of the molecule is CN1CCC(=O)N1C(=O)Cl. The van der Waals surface area contributed by atoms with Crippen molar-refractivity contribution in [2.75, 3.05) is 13.6 Å². The van der Waals surface area contributed by atoms with Crippen LogP contribution < -0.4 is 0 Å². The van der Waals surface area contributed by atoms with Crippen LogP contribution in [0.3, 0.4) is 0 Å². The van der Waals surface area contributed by atoms with Crippen molar-refractivity contribution < 1.29 is 9.59 Å². The lowest BCUT2D eigenvalue weighted by Gasteiger charge is -2.17. The lowest BCUT2D eigenvalue weighted by molar-refractivity contribution is -0.130. The zero-order valence-electron chi connectivity index (χ0n) is 5.50. The minimum atomic E-state index is -0.731. The van der Waals surface area contributed by atoms with Gasteiger partial charge in [0.05, 0.1) is 0 Å². The van der Waals surface area contributed by atoms with Crippen molar-refractivity contribution in [1.82, 2.24) is 10.0 Å². The molecule has 0 spiro atoms. The number of halogens is 1. The molecule has 1 saturated heterocycles. The Kier molecular flexibility index (Phi) is 1.92. The maximum atomic E-state index is 10.8. The Hall–Kier alpha value is -0.610. The predicted octanol–water partition coefficient (Wildman–Crippen LogP) is 0.424. The number of carbonyl (C=O) groups excluding carboxylic acids is 2. The smallest absolute Gasteiger partial charge is 0.273 e. The fraction of sp³-hybridized carbons (Fsp3) is 0.600. The summed E-state index contributed by atoms with van der Waals surface area (Å²) in [5, 5.41) is 1.70. The van der Waals surface area contributed by atoms with Crippen molar-refractivity contribution in [2.24, 2.45) is 0 Å². The number of rotatable bonds is 0. The molecule has 1 fully saturated rings. The third-order valence-corrected chi connectivity index (χ3v) is 1.55. The van der Waals surface area contributed by atoms with Crippen LogP contribution in [-0.2, 0) is 4.79 Å². The van der Waals surface area contributed by atoms with Gasteiger partial charge in [0.15, 0.2) is 0 Å². The summed E-state index contributed by atoms with van der Waals surface area (Å²) in [5.41, 5.74) is 0. The van der Waals surface area contributed by atoms with Gasteiger partial charge in [0, 0.05) is 20.0 Å². The van der Waals surface area contributed by atoms with E-state index in [1.54, 1.807) is 7.05 Å². The fourth-order valence-corrected chi connectivity index (χ4v) is 1.11. The molecule has 0 unspecified atom stereocenters. The van der Waals surface area contributed by atoms with Crippen molar-refractivity contribution in [3.63, 3.8) is 0 Å². The molecule has 0 aromatic heterocycles. The normalized spacial score (nSPS) is 20.2. The van der Waals surface area contributed by atoms with Gasteiger partial charge < -0.3 is 0 Å². The number of hydrazine groups is 1. The van der Waals surface area contributed by atoms with Gasteiger partial charge in [-0.2, -0.15) is 5.01 Å². The topological polar surface area (TPSA) is 40.6 Å². The highest BCUT2D eigenvalue weighted by molar-refractivity contribution is 6.63. The van der Waals surface area contributed by atoms with Gasteiger partial charge in [-0.3, -0.25) is 9.59 Å². The summed E-state index contributed by atoms with van der Waals surface area (Å²) in [5.74, 6) is -0.234. The largest absolute Gasteiger partial charge is 0.337 e. The highest BCUT2D eigenvalue weighted by atomic mass is 35.5. The highest BCUT2D eigenvalue weighted by Gasteiger charge is 2.30. The van der Waals surface area contributed by atoms with E-state index in [2.05, 4.69) is 0 Å². The number of nitrogens with zero attached hydrogens (tertiary/aromatic N) is 2. The van der Waals surface area contributed by atoms with Crippen LogP contribution >= 0.6 is 11.6 Å². The standard InChI is InChI=1S/C5H7ClN2O2/c1-7-3-2-4(9)8(7)5(6)10/h2-3H2,1H3. The van der Waals surface area contributed by atoms with E-state index in [0.717, 1.165) is 5.01 Å². The average molecular weight is 163 g/mol. The van der Waals surface area contributed by atoms with Gasteiger partial charge >= 0.3 is 5.37 Å². The molecular weight excluding hydrogens is 156 g/mol. The van der Waals surface area contributed by atoms with Crippen LogP contribution in [0.5, 0.6) is 0 Å². The van der Waals surface area contributed by atoms with E-state index < -0.39 is 5.37 Å². The van der Waals surface area contributed by atoms with Crippen molar-refractivity contribution in [1.29, 1.82) is 0 Å². The third kappa shape index (κ3) is 1.12. The van der Waals surface area contributed by atoms with E-state index >= 15 is 0 Å². The van der Waals surface area contributed by atoms with Crippen molar-refractivity contribution >= 4 is 22.9 Å². The second-order valence-corrected chi connectivity index (χ2v) is 2.41. The maximum absolute atomic E-state index is 10.8. The van der Waals surface area contributed by atoms with Gasteiger partial charge in [-0.05, 0) is 11.6 Å². The Balaban J connectivity index is 2.72. The minimum absolute atomic E-state index is 0.234. The molecule has 0 aromatic rings. The molecule has 0 aliphatic carbocycles. The number of imide groups is 1. The lowest BCUT2D eigenvalue weighted by atomic mass is 10.4. The number of hydrogen-bond donors (Lipinski definition) is 0. The molecule has 0 bridgehead atoms. The van der Waals surface area contributed by atoms with Gasteiger partial charge in [-0.1, -0.05) is 0 Å². The first-order valence-corrected chi connectivity index (χ1v) is 3.24. The summed E-state index contributed by atoms with van der Waals surface area (Å²) in [6.07, 6.45) is 0.370. The molecule has 0 N–H and O–H groups in total.